The molecule has 0 spiro atoms. The van der Waals surface area contributed by atoms with E-state index < -0.39 is 34.5 Å². The smallest absolute Gasteiger partial charge is 0.277 e. The van der Waals surface area contributed by atoms with Crippen LogP contribution >= 0.6 is 0 Å². The van der Waals surface area contributed by atoms with Crippen molar-refractivity contribution in [2.75, 3.05) is 31.9 Å². The molecule has 0 bridgehead atoms. The Balaban J connectivity index is 1.66. The quantitative estimate of drug-likeness (QED) is 0.336. The summed E-state index contributed by atoms with van der Waals surface area (Å²) in [6.45, 7) is 1.03. The number of aromatic hydroxyl groups is 1. The molecule has 0 fully saturated rings. The van der Waals surface area contributed by atoms with Gasteiger partial charge in [0.2, 0.25) is 5.43 Å². The SMILES string of the molecule is COCCCN1CN(Cc2ccco2)n2cc(C(=O)CCc3ccc(F)cc3F)c(=O)c(O)c2C1=O. The Morgan fingerprint density at radius 2 is 2.03 bits per heavy atom. The lowest BCUT2D eigenvalue weighted by molar-refractivity contribution is 0.0661. The molecular weight excluding hydrogens is 476 g/mol. The number of carbonyl (C=O) groups is 2. The number of carbonyl (C=O) groups excluding carboxylic acids is 2. The van der Waals surface area contributed by atoms with Gasteiger partial charge in [-0.15, -0.1) is 0 Å². The van der Waals surface area contributed by atoms with E-state index in [-0.39, 0.29) is 42.9 Å². The van der Waals surface area contributed by atoms with E-state index in [1.165, 1.54) is 28.1 Å². The van der Waals surface area contributed by atoms with Crippen LogP contribution in [0.4, 0.5) is 8.78 Å². The number of amides is 1. The first-order chi connectivity index (χ1) is 17.3. The van der Waals surface area contributed by atoms with Crippen LogP contribution in [0.1, 0.15) is 45.0 Å². The van der Waals surface area contributed by atoms with Gasteiger partial charge in [-0.3, -0.25) is 24.1 Å². The second kappa shape index (κ2) is 10.7. The van der Waals surface area contributed by atoms with Crippen LogP contribution < -0.4 is 10.4 Å². The number of hydrogen-bond donors (Lipinski definition) is 1. The van der Waals surface area contributed by atoms with Crippen LogP contribution in [0, 0.1) is 11.6 Å². The summed E-state index contributed by atoms with van der Waals surface area (Å²) >= 11 is 0. The minimum Gasteiger partial charge on any atom is -0.502 e. The van der Waals surface area contributed by atoms with Crippen LogP contribution in [0.5, 0.6) is 5.75 Å². The van der Waals surface area contributed by atoms with Gasteiger partial charge in [0.15, 0.2) is 17.2 Å². The number of aryl methyl sites for hydroxylation is 1. The van der Waals surface area contributed by atoms with Crippen LogP contribution in [0.25, 0.3) is 0 Å². The van der Waals surface area contributed by atoms with Gasteiger partial charge >= 0.3 is 0 Å². The first kappa shape index (κ1) is 25.1. The maximum absolute atomic E-state index is 14.0. The number of hydrogen-bond acceptors (Lipinski definition) is 7. The molecule has 3 heterocycles. The van der Waals surface area contributed by atoms with Crippen LogP contribution in [0.3, 0.4) is 0 Å². The fourth-order valence-corrected chi connectivity index (χ4v) is 4.08. The van der Waals surface area contributed by atoms with Gasteiger partial charge in [0.25, 0.3) is 5.91 Å². The van der Waals surface area contributed by atoms with Gasteiger partial charge < -0.3 is 19.2 Å². The highest BCUT2D eigenvalue weighted by atomic mass is 19.1. The maximum atomic E-state index is 14.0. The number of rotatable bonds is 10. The third-order valence-electron chi connectivity index (χ3n) is 5.92. The van der Waals surface area contributed by atoms with E-state index in [0.29, 0.717) is 25.3 Å². The van der Waals surface area contributed by atoms with E-state index in [1.54, 1.807) is 24.3 Å². The van der Waals surface area contributed by atoms with Gasteiger partial charge in [0.05, 0.1) is 18.4 Å². The Morgan fingerprint density at radius 3 is 2.72 bits per heavy atom. The Bertz CT molecular complexity index is 1320. The van der Waals surface area contributed by atoms with Crippen LogP contribution in [-0.4, -0.2) is 53.3 Å². The minimum atomic E-state index is -0.990. The van der Waals surface area contributed by atoms with Crippen molar-refractivity contribution in [2.45, 2.75) is 25.8 Å². The Morgan fingerprint density at radius 1 is 1.22 bits per heavy atom. The summed E-state index contributed by atoms with van der Waals surface area (Å²) in [5.74, 6) is -3.04. The largest absolute Gasteiger partial charge is 0.502 e. The number of Topliss-reactive ketones (excluding diaryl/α,β-unsaturated/α-hetero) is 1. The lowest BCUT2D eigenvalue weighted by Crippen LogP contribution is -2.54. The summed E-state index contributed by atoms with van der Waals surface area (Å²) in [4.78, 5) is 40.5. The maximum Gasteiger partial charge on any atom is 0.277 e. The van der Waals surface area contributed by atoms with Gasteiger partial charge in [-0.25, -0.2) is 8.78 Å². The summed E-state index contributed by atoms with van der Waals surface area (Å²) in [7, 11) is 1.55. The van der Waals surface area contributed by atoms with Crippen molar-refractivity contribution in [2.24, 2.45) is 0 Å². The normalized spacial score (nSPS) is 13.2. The van der Waals surface area contributed by atoms with Gasteiger partial charge in [-0.1, -0.05) is 6.07 Å². The highest BCUT2D eigenvalue weighted by Crippen LogP contribution is 2.24. The van der Waals surface area contributed by atoms with Crippen LogP contribution in [0.15, 0.2) is 52.0 Å². The summed E-state index contributed by atoms with van der Waals surface area (Å²) in [6, 6.07) is 6.47. The highest BCUT2D eigenvalue weighted by molar-refractivity contribution is 6.00. The molecule has 1 N–H and O–H groups in total. The van der Waals surface area contributed by atoms with Crippen molar-refractivity contribution in [1.29, 1.82) is 0 Å². The van der Waals surface area contributed by atoms with Crippen molar-refractivity contribution >= 4 is 11.7 Å². The average molecular weight is 501 g/mol. The zero-order valence-electron chi connectivity index (χ0n) is 19.6. The molecule has 0 saturated heterocycles. The summed E-state index contributed by atoms with van der Waals surface area (Å²) in [5.41, 5.74) is -1.48. The zero-order valence-corrected chi connectivity index (χ0v) is 19.6. The summed E-state index contributed by atoms with van der Waals surface area (Å²) in [6.07, 6.45) is 2.92. The lowest BCUT2D eigenvalue weighted by atomic mass is 10.0. The first-order valence-electron chi connectivity index (χ1n) is 11.3. The third-order valence-corrected chi connectivity index (χ3v) is 5.92. The number of fused-ring (bicyclic) bond motifs is 1. The number of pyridine rings is 1. The second-order valence-electron chi connectivity index (χ2n) is 8.37. The zero-order chi connectivity index (χ0) is 25.8. The molecule has 0 unspecified atom stereocenters. The molecule has 3 aromatic rings. The molecule has 1 amide bonds. The number of ether oxygens (including phenoxy) is 1. The molecule has 0 atom stereocenters. The van der Waals surface area contributed by atoms with Crippen LogP contribution in [-0.2, 0) is 17.7 Å². The van der Waals surface area contributed by atoms with Gasteiger partial charge in [-0.05, 0) is 36.6 Å². The second-order valence-corrected chi connectivity index (χ2v) is 8.37. The molecule has 2 aromatic heterocycles. The van der Waals surface area contributed by atoms with E-state index in [4.69, 9.17) is 9.15 Å². The van der Waals surface area contributed by atoms with Crippen molar-refractivity contribution in [3.05, 3.63) is 87.2 Å². The monoisotopic (exact) mass is 501 g/mol. The molecule has 0 saturated carbocycles. The minimum absolute atomic E-state index is 0.0742. The van der Waals surface area contributed by atoms with E-state index in [1.807, 2.05) is 0 Å². The molecule has 1 aliphatic heterocycles. The number of furan rings is 1. The predicted molar refractivity (Wildman–Crippen MR) is 124 cm³/mol. The van der Waals surface area contributed by atoms with E-state index in [2.05, 4.69) is 0 Å². The molecule has 1 aliphatic rings. The number of benzene rings is 1. The molecule has 11 heteroatoms. The standard InChI is InChI=1S/C25H25F2N3O6/c1-35-10-3-9-28-15-29(13-18-4-2-11-36-18)30-14-19(23(32)24(33)22(30)25(28)34)21(31)8-6-16-5-7-17(26)12-20(16)27/h2,4-5,7,11-12,14,33H,3,6,8-10,13,15H2,1H3. The first-order valence-corrected chi connectivity index (χ1v) is 11.3. The Hall–Kier alpha value is -3.99. The third kappa shape index (κ3) is 5.15. The molecule has 0 radical (unpaired) electrons. The lowest BCUT2D eigenvalue weighted by Gasteiger charge is -2.39. The molecule has 0 aliphatic carbocycles. The summed E-state index contributed by atoms with van der Waals surface area (Å²) in [5, 5.41) is 12.4. The predicted octanol–water partition coefficient (Wildman–Crippen LogP) is 2.83. The molecule has 1 aromatic carbocycles. The van der Waals surface area contributed by atoms with Gasteiger partial charge in [0, 0.05) is 38.9 Å². The number of halogens is 2. The number of nitrogens with zero attached hydrogens (tertiary/aromatic N) is 3. The topological polar surface area (TPSA) is 105 Å². The molecular formula is C25H25F2N3O6. The summed E-state index contributed by atoms with van der Waals surface area (Å²) < 4.78 is 38.9. The fraction of sp³-hybridized carbons (Fsp3) is 0.320. The Kier molecular flexibility index (Phi) is 7.49. The number of ketones is 1. The Labute approximate surface area is 205 Å². The van der Waals surface area contributed by atoms with E-state index in [0.717, 1.165) is 12.1 Å². The fourth-order valence-electron chi connectivity index (χ4n) is 4.08. The van der Waals surface area contributed by atoms with Crippen molar-refractivity contribution < 1.29 is 32.6 Å². The molecule has 4 rings (SSSR count). The number of methoxy groups -OCH3 is 1. The highest BCUT2D eigenvalue weighted by Gasteiger charge is 2.34. The van der Waals surface area contributed by atoms with E-state index >= 15 is 0 Å². The van der Waals surface area contributed by atoms with Gasteiger partial charge in [-0.2, -0.15) is 0 Å². The number of aromatic nitrogens is 1. The average Bonchev–Trinajstić information content (AvgIpc) is 3.36. The molecule has 190 valence electrons. The van der Waals surface area contributed by atoms with Crippen molar-refractivity contribution in [3.63, 3.8) is 0 Å². The van der Waals surface area contributed by atoms with E-state index in [9.17, 15) is 28.3 Å². The molecule has 9 nitrogen and oxygen atoms in total. The van der Waals surface area contributed by atoms with Crippen molar-refractivity contribution in [3.8, 4) is 5.75 Å². The van der Waals surface area contributed by atoms with Gasteiger partial charge in [0.1, 0.15) is 24.1 Å². The molecule has 36 heavy (non-hydrogen) atoms. The van der Waals surface area contributed by atoms with Crippen molar-refractivity contribution in [1.82, 2.24) is 9.58 Å². The van der Waals surface area contributed by atoms with Crippen LogP contribution in [0.2, 0.25) is 0 Å².